The van der Waals surface area contributed by atoms with Gasteiger partial charge >= 0.3 is 0 Å². The number of nitrogens with zero attached hydrogens (tertiary/aromatic N) is 2. The molecule has 1 aromatic carbocycles. The first-order valence-electron chi connectivity index (χ1n) is 9.88. The maximum absolute atomic E-state index is 12.7. The second kappa shape index (κ2) is 6.58. The van der Waals surface area contributed by atoms with Crippen molar-refractivity contribution >= 4 is 17.5 Å². The number of aryl methyl sites for hydroxylation is 1. The molecule has 0 atom stereocenters. The fourth-order valence-corrected chi connectivity index (χ4v) is 3.72. The van der Waals surface area contributed by atoms with Gasteiger partial charge in [-0.25, -0.2) is 9.88 Å². The summed E-state index contributed by atoms with van der Waals surface area (Å²) < 4.78 is 12.0. The van der Waals surface area contributed by atoms with E-state index in [0.717, 1.165) is 40.4 Å². The van der Waals surface area contributed by atoms with Crippen LogP contribution in [0.2, 0.25) is 0 Å². The molecular weight excluding hydrogens is 368 g/mol. The van der Waals surface area contributed by atoms with Gasteiger partial charge in [-0.15, -0.1) is 0 Å². The number of imide groups is 1. The van der Waals surface area contributed by atoms with Crippen LogP contribution in [0.15, 0.2) is 30.5 Å². The normalized spacial score (nSPS) is 16.2. The third-order valence-electron chi connectivity index (χ3n) is 5.55. The summed E-state index contributed by atoms with van der Waals surface area (Å²) in [5.41, 5.74) is 2.08. The molecular formula is C23H26N2O4. The van der Waals surface area contributed by atoms with Crippen LogP contribution >= 0.6 is 0 Å². The molecule has 1 aromatic heterocycles. The minimum Gasteiger partial charge on any atom is -0.492 e. The lowest BCUT2D eigenvalue weighted by Crippen LogP contribution is -2.42. The van der Waals surface area contributed by atoms with Crippen LogP contribution < -0.4 is 14.4 Å². The van der Waals surface area contributed by atoms with Crippen LogP contribution in [0.1, 0.15) is 51.7 Å². The first-order chi connectivity index (χ1) is 13.6. The van der Waals surface area contributed by atoms with Crippen LogP contribution in [-0.2, 0) is 15.0 Å². The van der Waals surface area contributed by atoms with Gasteiger partial charge in [0.25, 0.3) is 0 Å². The number of carbonyl (C=O) groups is 2. The van der Waals surface area contributed by atoms with Crippen LogP contribution in [-0.4, -0.2) is 23.4 Å². The molecule has 1 aliphatic carbocycles. The van der Waals surface area contributed by atoms with Gasteiger partial charge in [0.05, 0.1) is 18.5 Å². The second-order valence-corrected chi connectivity index (χ2v) is 9.02. The third-order valence-corrected chi connectivity index (χ3v) is 5.55. The molecule has 1 aliphatic heterocycles. The quantitative estimate of drug-likeness (QED) is 0.765. The van der Waals surface area contributed by atoms with E-state index in [2.05, 4.69) is 4.98 Å². The number of hydrogen-bond donors (Lipinski definition) is 0. The van der Waals surface area contributed by atoms with Crippen molar-refractivity contribution in [3.63, 3.8) is 0 Å². The molecule has 2 aliphatic rings. The van der Waals surface area contributed by atoms with Gasteiger partial charge in [-0.05, 0) is 37.5 Å². The molecule has 2 amide bonds. The minimum atomic E-state index is -0.679. The zero-order valence-electron chi connectivity index (χ0n) is 17.5. The van der Waals surface area contributed by atoms with Crippen LogP contribution in [0.5, 0.6) is 17.4 Å². The SMILES string of the molecule is CC(=O)N(C(=O)C(C)(C)C)c1ccc(Oc2ccc(C)c3c2C2(CC2)CO3)nc1. The predicted octanol–water partition coefficient (Wildman–Crippen LogP) is 4.53. The summed E-state index contributed by atoms with van der Waals surface area (Å²) >= 11 is 0. The first-order valence-corrected chi connectivity index (χ1v) is 9.88. The number of rotatable bonds is 3. The molecule has 29 heavy (non-hydrogen) atoms. The van der Waals surface area contributed by atoms with Crippen molar-refractivity contribution in [2.75, 3.05) is 11.5 Å². The molecule has 0 saturated heterocycles. The van der Waals surface area contributed by atoms with Gasteiger partial charge in [0.1, 0.15) is 11.5 Å². The largest absolute Gasteiger partial charge is 0.492 e. The van der Waals surface area contributed by atoms with E-state index in [-0.39, 0.29) is 17.2 Å². The molecule has 0 unspecified atom stereocenters. The number of aromatic nitrogens is 1. The fourth-order valence-electron chi connectivity index (χ4n) is 3.72. The number of carbonyl (C=O) groups excluding carboxylic acids is 2. The molecule has 1 spiro atoms. The van der Waals surface area contributed by atoms with Crippen molar-refractivity contribution in [2.45, 2.75) is 52.9 Å². The van der Waals surface area contributed by atoms with Crippen molar-refractivity contribution < 1.29 is 19.1 Å². The number of amides is 2. The van der Waals surface area contributed by atoms with Crippen molar-refractivity contribution in [1.29, 1.82) is 0 Å². The molecule has 152 valence electrons. The highest BCUT2D eigenvalue weighted by Gasteiger charge is 2.53. The predicted molar refractivity (Wildman–Crippen MR) is 110 cm³/mol. The Morgan fingerprint density at radius 2 is 1.90 bits per heavy atom. The van der Waals surface area contributed by atoms with E-state index in [0.29, 0.717) is 18.2 Å². The van der Waals surface area contributed by atoms with E-state index in [9.17, 15) is 9.59 Å². The lowest BCUT2D eigenvalue weighted by molar-refractivity contribution is -0.130. The molecule has 1 fully saturated rings. The Bertz CT molecular complexity index is 985. The standard InChI is InChI=1S/C23H26N2O4/c1-14-6-8-17(19-20(14)28-13-23(19)10-11-23)29-18-9-7-16(12-24-18)25(15(2)26)21(27)22(3,4)5/h6-9,12H,10-11,13H2,1-5H3. The number of fused-ring (bicyclic) bond motifs is 2. The van der Waals surface area contributed by atoms with Gasteiger partial charge in [0, 0.05) is 29.4 Å². The van der Waals surface area contributed by atoms with E-state index >= 15 is 0 Å². The number of ether oxygens (including phenoxy) is 2. The Labute approximate surface area is 170 Å². The Morgan fingerprint density at radius 1 is 1.17 bits per heavy atom. The van der Waals surface area contributed by atoms with Gasteiger partial charge in [-0.2, -0.15) is 0 Å². The molecule has 1 saturated carbocycles. The molecule has 2 aromatic rings. The Kier molecular flexibility index (Phi) is 4.41. The van der Waals surface area contributed by atoms with Crippen LogP contribution in [0, 0.1) is 12.3 Å². The maximum Gasteiger partial charge on any atom is 0.239 e. The summed E-state index contributed by atoms with van der Waals surface area (Å²) in [6.45, 7) is 9.47. The van der Waals surface area contributed by atoms with Crippen LogP contribution in [0.4, 0.5) is 5.69 Å². The summed E-state index contributed by atoms with van der Waals surface area (Å²) in [7, 11) is 0. The highest BCUT2D eigenvalue weighted by molar-refractivity contribution is 6.15. The lowest BCUT2D eigenvalue weighted by Gasteiger charge is -2.26. The number of hydrogen-bond acceptors (Lipinski definition) is 5. The van der Waals surface area contributed by atoms with Gasteiger partial charge in [0.15, 0.2) is 0 Å². The molecule has 6 heteroatoms. The van der Waals surface area contributed by atoms with E-state index < -0.39 is 5.41 Å². The van der Waals surface area contributed by atoms with Crippen LogP contribution in [0.25, 0.3) is 0 Å². The average Bonchev–Trinajstić information content (AvgIpc) is 3.32. The monoisotopic (exact) mass is 394 g/mol. The minimum absolute atomic E-state index is 0.0845. The molecule has 0 radical (unpaired) electrons. The molecule has 4 rings (SSSR count). The second-order valence-electron chi connectivity index (χ2n) is 9.02. The lowest BCUT2D eigenvalue weighted by atomic mass is 9.94. The zero-order valence-corrected chi connectivity index (χ0v) is 17.5. The Morgan fingerprint density at radius 3 is 2.45 bits per heavy atom. The number of anilines is 1. The topological polar surface area (TPSA) is 68.7 Å². The molecule has 2 heterocycles. The average molecular weight is 394 g/mol. The van der Waals surface area contributed by atoms with E-state index in [4.69, 9.17) is 9.47 Å². The summed E-state index contributed by atoms with van der Waals surface area (Å²) in [6, 6.07) is 7.32. The molecule has 6 nitrogen and oxygen atoms in total. The summed E-state index contributed by atoms with van der Waals surface area (Å²) in [5, 5.41) is 0. The van der Waals surface area contributed by atoms with Crippen molar-refractivity contribution in [3.8, 4) is 17.4 Å². The van der Waals surface area contributed by atoms with Crippen molar-refractivity contribution in [3.05, 3.63) is 41.6 Å². The smallest absolute Gasteiger partial charge is 0.239 e. The molecule has 0 bridgehead atoms. The van der Waals surface area contributed by atoms with Crippen molar-refractivity contribution in [2.24, 2.45) is 5.41 Å². The highest BCUT2D eigenvalue weighted by atomic mass is 16.5. The van der Waals surface area contributed by atoms with Gasteiger partial charge in [-0.1, -0.05) is 26.8 Å². The zero-order chi connectivity index (χ0) is 21.0. The number of pyridine rings is 1. The summed E-state index contributed by atoms with van der Waals surface area (Å²) in [5.74, 6) is 1.48. The first kappa shape index (κ1) is 19.4. The van der Waals surface area contributed by atoms with E-state index in [1.165, 1.54) is 13.1 Å². The van der Waals surface area contributed by atoms with E-state index in [1.807, 2.05) is 19.1 Å². The highest BCUT2D eigenvalue weighted by Crippen LogP contribution is 2.59. The van der Waals surface area contributed by atoms with Gasteiger partial charge in [-0.3, -0.25) is 9.59 Å². The summed E-state index contributed by atoms with van der Waals surface area (Å²) in [4.78, 5) is 30.2. The Balaban J connectivity index is 1.61. The third kappa shape index (κ3) is 3.37. The fraction of sp³-hybridized carbons (Fsp3) is 0.435. The molecule has 0 N–H and O–H groups in total. The summed E-state index contributed by atoms with van der Waals surface area (Å²) in [6.07, 6.45) is 3.71. The van der Waals surface area contributed by atoms with E-state index in [1.54, 1.807) is 32.9 Å². The van der Waals surface area contributed by atoms with Crippen molar-refractivity contribution in [1.82, 2.24) is 4.98 Å². The van der Waals surface area contributed by atoms with Gasteiger partial charge in [0.2, 0.25) is 17.7 Å². The Hall–Kier alpha value is -2.89. The number of benzene rings is 1. The van der Waals surface area contributed by atoms with Crippen LogP contribution in [0.3, 0.4) is 0 Å². The van der Waals surface area contributed by atoms with Gasteiger partial charge < -0.3 is 9.47 Å². The maximum atomic E-state index is 12.7.